The monoisotopic (exact) mass is 267 g/mol. The summed E-state index contributed by atoms with van der Waals surface area (Å²) < 4.78 is 36.1. The quantitative estimate of drug-likeness (QED) is 0.927. The number of hydrogen-bond donors (Lipinski definition) is 1. The molecule has 1 aliphatic heterocycles. The second kappa shape index (κ2) is 4.11. The molecule has 0 atom stereocenters. The van der Waals surface area contributed by atoms with Crippen molar-refractivity contribution in [1.29, 1.82) is 0 Å². The van der Waals surface area contributed by atoms with Crippen LogP contribution in [0.1, 0.15) is 5.69 Å². The summed E-state index contributed by atoms with van der Waals surface area (Å²) in [7, 11) is 1.83. The summed E-state index contributed by atoms with van der Waals surface area (Å²) in [6.45, 7) is 0.534. The smallest absolute Gasteiger partial charge is 0.395 e. The zero-order valence-corrected chi connectivity index (χ0v) is 10.1. The molecule has 1 aliphatic rings. The number of aryl methyl sites for hydroxylation is 1. The fourth-order valence-electron chi connectivity index (χ4n) is 1.83. The number of ether oxygens (including phenoxy) is 2. The lowest BCUT2D eigenvalue weighted by Crippen LogP contribution is -2.25. The molecule has 0 spiro atoms. The van der Waals surface area contributed by atoms with Gasteiger partial charge < -0.3 is 14.8 Å². The van der Waals surface area contributed by atoms with E-state index in [0.29, 0.717) is 12.2 Å². The fourth-order valence-corrected chi connectivity index (χ4v) is 1.83. The molecule has 100 valence electrons. The van der Waals surface area contributed by atoms with Gasteiger partial charge in [-0.05, 0) is 18.2 Å². The van der Waals surface area contributed by atoms with Gasteiger partial charge in [0.05, 0.1) is 12.2 Å². The predicted molar refractivity (Wildman–Crippen MR) is 63.2 cm³/mol. The molecule has 3 rings (SSSR count). The molecule has 7 heteroatoms. The van der Waals surface area contributed by atoms with Crippen molar-refractivity contribution in [1.82, 2.24) is 9.78 Å². The van der Waals surface area contributed by atoms with Crippen LogP contribution in [0.25, 0.3) is 0 Å². The lowest BCUT2D eigenvalue weighted by molar-refractivity contribution is -0.286. The van der Waals surface area contributed by atoms with Gasteiger partial charge in [0.25, 0.3) is 0 Å². The number of aromatic nitrogens is 2. The third kappa shape index (κ3) is 2.31. The average Bonchev–Trinajstić information content (AvgIpc) is 2.87. The molecule has 2 heterocycles. The molecule has 2 aromatic rings. The second-order valence-corrected chi connectivity index (χ2v) is 4.13. The van der Waals surface area contributed by atoms with Gasteiger partial charge in [-0.3, -0.25) is 4.68 Å². The van der Waals surface area contributed by atoms with E-state index in [-0.39, 0.29) is 11.5 Å². The number of anilines is 1. The van der Waals surface area contributed by atoms with Crippen molar-refractivity contribution in [3.63, 3.8) is 0 Å². The van der Waals surface area contributed by atoms with Crippen LogP contribution in [0, 0.1) is 0 Å². The van der Waals surface area contributed by atoms with Crippen molar-refractivity contribution in [2.24, 2.45) is 7.05 Å². The van der Waals surface area contributed by atoms with Crippen molar-refractivity contribution < 1.29 is 18.3 Å². The molecule has 5 nitrogen and oxygen atoms in total. The maximum Gasteiger partial charge on any atom is 0.586 e. The van der Waals surface area contributed by atoms with E-state index in [1.807, 2.05) is 13.1 Å². The van der Waals surface area contributed by atoms with Gasteiger partial charge in [-0.1, -0.05) is 0 Å². The summed E-state index contributed by atoms with van der Waals surface area (Å²) in [5.74, 6) is 0.0658. The van der Waals surface area contributed by atoms with Crippen LogP contribution in [0.15, 0.2) is 30.5 Å². The van der Waals surface area contributed by atoms with Crippen molar-refractivity contribution in [3.05, 3.63) is 36.2 Å². The highest BCUT2D eigenvalue weighted by Gasteiger charge is 2.43. The largest absolute Gasteiger partial charge is 0.586 e. The Morgan fingerprint density at radius 1 is 1.26 bits per heavy atom. The topological polar surface area (TPSA) is 48.3 Å². The average molecular weight is 267 g/mol. The van der Waals surface area contributed by atoms with E-state index in [0.717, 1.165) is 5.69 Å². The maximum absolute atomic E-state index is 12.9. The molecule has 19 heavy (non-hydrogen) atoms. The van der Waals surface area contributed by atoms with Crippen LogP contribution in [-0.2, 0) is 13.6 Å². The first kappa shape index (κ1) is 11.8. The van der Waals surface area contributed by atoms with Gasteiger partial charge in [0, 0.05) is 25.0 Å². The summed E-state index contributed by atoms with van der Waals surface area (Å²) in [5, 5.41) is 7.14. The number of nitrogens with one attached hydrogen (secondary N) is 1. The SMILES string of the molecule is Cn1nccc1CNc1ccc2c(c1)OC(F)(F)O2. The van der Waals surface area contributed by atoms with Crippen LogP contribution in [0.2, 0.25) is 0 Å². The summed E-state index contributed by atoms with van der Waals surface area (Å²) in [4.78, 5) is 0. The molecule has 0 aliphatic carbocycles. The summed E-state index contributed by atoms with van der Waals surface area (Å²) in [6, 6.07) is 6.45. The summed E-state index contributed by atoms with van der Waals surface area (Å²) in [6.07, 6.45) is -1.89. The number of nitrogens with zero attached hydrogens (tertiary/aromatic N) is 2. The Morgan fingerprint density at radius 2 is 2.05 bits per heavy atom. The number of benzene rings is 1. The first-order valence-corrected chi connectivity index (χ1v) is 5.64. The van der Waals surface area contributed by atoms with E-state index in [1.165, 1.54) is 12.1 Å². The van der Waals surface area contributed by atoms with Gasteiger partial charge in [-0.25, -0.2) is 0 Å². The van der Waals surface area contributed by atoms with Crippen LogP contribution >= 0.6 is 0 Å². The van der Waals surface area contributed by atoms with E-state index in [4.69, 9.17) is 0 Å². The molecular formula is C12H11F2N3O2. The van der Waals surface area contributed by atoms with Crippen molar-refractivity contribution in [2.45, 2.75) is 12.8 Å². The molecule has 1 N–H and O–H groups in total. The van der Waals surface area contributed by atoms with Crippen LogP contribution in [0.5, 0.6) is 11.5 Å². The number of rotatable bonds is 3. The van der Waals surface area contributed by atoms with Gasteiger partial charge in [0.15, 0.2) is 11.5 Å². The van der Waals surface area contributed by atoms with E-state index in [1.54, 1.807) is 16.9 Å². The first-order chi connectivity index (χ1) is 9.03. The summed E-state index contributed by atoms with van der Waals surface area (Å²) >= 11 is 0. The standard InChI is InChI=1S/C12H11F2N3O2/c1-17-9(4-5-16-17)7-15-8-2-3-10-11(6-8)19-12(13,14)18-10/h2-6,15H,7H2,1H3. The van der Waals surface area contributed by atoms with Gasteiger partial charge in [0.2, 0.25) is 0 Å². The van der Waals surface area contributed by atoms with Gasteiger partial charge >= 0.3 is 6.29 Å². The molecule has 0 amide bonds. The van der Waals surface area contributed by atoms with Crippen LogP contribution in [0.4, 0.5) is 14.5 Å². The van der Waals surface area contributed by atoms with Crippen LogP contribution in [-0.4, -0.2) is 16.1 Å². The molecule has 0 fully saturated rings. The number of halogens is 2. The molecule has 0 saturated heterocycles. The molecular weight excluding hydrogens is 256 g/mol. The minimum absolute atomic E-state index is 0.0278. The Labute approximate surface area is 107 Å². The third-order valence-electron chi connectivity index (χ3n) is 2.80. The summed E-state index contributed by atoms with van der Waals surface area (Å²) in [5.41, 5.74) is 1.64. The van der Waals surface area contributed by atoms with Gasteiger partial charge in [0.1, 0.15) is 0 Å². The van der Waals surface area contributed by atoms with E-state index >= 15 is 0 Å². The molecule has 1 aromatic heterocycles. The third-order valence-corrected chi connectivity index (χ3v) is 2.80. The van der Waals surface area contributed by atoms with E-state index in [2.05, 4.69) is 19.9 Å². The van der Waals surface area contributed by atoms with E-state index in [9.17, 15) is 8.78 Å². The Morgan fingerprint density at radius 3 is 2.79 bits per heavy atom. The number of alkyl halides is 2. The molecule has 0 unspecified atom stereocenters. The molecule has 1 aromatic carbocycles. The Balaban J connectivity index is 1.72. The van der Waals surface area contributed by atoms with Gasteiger partial charge in [-0.15, -0.1) is 8.78 Å². The zero-order valence-electron chi connectivity index (χ0n) is 10.1. The van der Waals surface area contributed by atoms with Crippen LogP contribution in [0.3, 0.4) is 0 Å². The second-order valence-electron chi connectivity index (χ2n) is 4.13. The lowest BCUT2D eigenvalue weighted by Gasteiger charge is -2.07. The number of hydrogen-bond acceptors (Lipinski definition) is 4. The number of fused-ring (bicyclic) bond motifs is 1. The molecule has 0 saturated carbocycles. The Hall–Kier alpha value is -2.31. The van der Waals surface area contributed by atoms with E-state index < -0.39 is 6.29 Å². The first-order valence-electron chi connectivity index (χ1n) is 5.64. The lowest BCUT2D eigenvalue weighted by atomic mass is 10.2. The highest BCUT2D eigenvalue weighted by atomic mass is 19.3. The molecule has 0 bridgehead atoms. The fraction of sp³-hybridized carbons (Fsp3) is 0.250. The highest BCUT2D eigenvalue weighted by molar-refractivity contribution is 5.56. The Kier molecular flexibility index (Phi) is 2.55. The maximum atomic E-state index is 12.9. The van der Waals surface area contributed by atoms with Crippen molar-refractivity contribution >= 4 is 5.69 Å². The van der Waals surface area contributed by atoms with Gasteiger partial charge in [-0.2, -0.15) is 5.10 Å². The zero-order chi connectivity index (χ0) is 13.5. The van der Waals surface area contributed by atoms with Crippen LogP contribution < -0.4 is 14.8 Å². The predicted octanol–water partition coefficient (Wildman–Crippen LogP) is 2.35. The normalized spacial score (nSPS) is 15.5. The van der Waals surface area contributed by atoms with Crippen molar-refractivity contribution in [3.8, 4) is 11.5 Å². The Bertz CT molecular complexity index is 613. The minimum atomic E-state index is -3.58. The minimum Gasteiger partial charge on any atom is -0.395 e. The van der Waals surface area contributed by atoms with Crippen molar-refractivity contribution in [2.75, 3.05) is 5.32 Å². The highest BCUT2D eigenvalue weighted by Crippen LogP contribution is 2.42. The molecule has 0 radical (unpaired) electrons.